The van der Waals surface area contributed by atoms with Gasteiger partial charge < -0.3 is 10.6 Å². The van der Waals surface area contributed by atoms with Crippen molar-refractivity contribution in [2.24, 2.45) is 5.41 Å². The number of nitrogens with one attached hydrogen (secondary N) is 2. The summed E-state index contributed by atoms with van der Waals surface area (Å²) < 4.78 is 0. The van der Waals surface area contributed by atoms with Crippen LogP contribution in [0.25, 0.3) is 0 Å². The van der Waals surface area contributed by atoms with Crippen LogP contribution < -0.4 is 10.6 Å². The summed E-state index contributed by atoms with van der Waals surface area (Å²) >= 11 is 0. The molecule has 0 radical (unpaired) electrons. The molecule has 0 aromatic heterocycles. The number of hydrogen-bond acceptors (Lipinski definition) is 2. The summed E-state index contributed by atoms with van der Waals surface area (Å²) in [7, 11) is 0. The van der Waals surface area contributed by atoms with Crippen LogP contribution in [-0.2, 0) is 9.59 Å². The molecule has 0 aliphatic heterocycles. The molecule has 0 bridgehead atoms. The molecule has 1 unspecified atom stereocenters. The first kappa shape index (κ1) is 17.2. The smallest absolute Gasteiger partial charge is 0.246 e. The van der Waals surface area contributed by atoms with E-state index in [2.05, 4.69) is 24.5 Å². The van der Waals surface area contributed by atoms with Crippen molar-refractivity contribution in [1.82, 2.24) is 5.32 Å². The SMILES string of the molecule is CC(NC(=O)C(C)(C)C)C(=O)Nc1cccc(C(C)C)c1. The fraction of sp³-hybridized carbons (Fsp3) is 0.529. The molecule has 0 saturated heterocycles. The molecule has 0 saturated carbocycles. The molecule has 21 heavy (non-hydrogen) atoms. The highest BCUT2D eigenvalue weighted by Gasteiger charge is 2.25. The molecule has 1 rings (SSSR count). The second-order valence-electron chi connectivity index (χ2n) is 6.71. The molecule has 0 fully saturated rings. The minimum atomic E-state index is -0.570. The molecular formula is C17H26N2O2. The van der Waals surface area contributed by atoms with Crippen LogP contribution in [0.5, 0.6) is 0 Å². The maximum atomic E-state index is 12.1. The molecule has 2 N–H and O–H groups in total. The molecule has 2 amide bonds. The number of amides is 2. The van der Waals surface area contributed by atoms with E-state index in [-0.39, 0.29) is 11.8 Å². The zero-order valence-corrected chi connectivity index (χ0v) is 13.8. The van der Waals surface area contributed by atoms with Gasteiger partial charge in [-0.05, 0) is 30.5 Å². The summed E-state index contributed by atoms with van der Waals surface area (Å²) in [4.78, 5) is 24.0. The molecule has 4 nitrogen and oxygen atoms in total. The van der Waals surface area contributed by atoms with Gasteiger partial charge in [-0.1, -0.05) is 46.8 Å². The summed E-state index contributed by atoms with van der Waals surface area (Å²) in [6.07, 6.45) is 0. The van der Waals surface area contributed by atoms with Gasteiger partial charge >= 0.3 is 0 Å². The summed E-state index contributed by atoms with van der Waals surface area (Å²) in [6.45, 7) is 11.3. The summed E-state index contributed by atoms with van der Waals surface area (Å²) in [5, 5.41) is 5.57. The van der Waals surface area contributed by atoms with E-state index in [4.69, 9.17) is 0 Å². The second kappa shape index (κ2) is 6.74. The van der Waals surface area contributed by atoms with Crippen molar-refractivity contribution in [2.45, 2.75) is 53.5 Å². The fourth-order valence-electron chi connectivity index (χ4n) is 1.70. The normalized spacial score (nSPS) is 12.9. The number of benzene rings is 1. The Balaban J connectivity index is 2.68. The van der Waals surface area contributed by atoms with Crippen LogP contribution in [0.2, 0.25) is 0 Å². The topological polar surface area (TPSA) is 58.2 Å². The van der Waals surface area contributed by atoms with Crippen molar-refractivity contribution in [1.29, 1.82) is 0 Å². The lowest BCUT2D eigenvalue weighted by Gasteiger charge is -2.21. The van der Waals surface area contributed by atoms with Crippen molar-refractivity contribution >= 4 is 17.5 Å². The van der Waals surface area contributed by atoms with Gasteiger partial charge in [-0.3, -0.25) is 9.59 Å². The first-order valence-electron chi connectivity index (χ1n) is 7.33. The van der Waals surface area contributed by atoms with Crippen LogP contribution in [0, 0.1) is 5.41 Å². The quantitative estimate of drug-likeness (QED) is 0.894. The zero-order valence-electron chi connectivity index (χ0n) is 13.8. The monoisotopic (exact) mass is 290 g/mol. The van der Waals surface area contributed by atoms with E-state index in [9.17, 15) is 9.59 Å². The van der Waals surface area contributed by atoms with Crippen LogP contribution in [0.1, 0.15) is 53.0 Å². The minimum Gasteiger partial charge on any atom is -0.344 e. The Morgan fingerprint density at radius 1 is 1.10 bits per heavy atom. The Bertz CT molecular complexity index is 516. The van der Waals surface area contributed by atoms with E-state index in [1.165, 1.54) is 5.56 Å². The first-order chi connectivity index (χ1) is 9.61. The van der Waals surface area contributed by atoms with Gasteiger partial charge in [0.25, 0.3) is 0 Å². The van der Waals surface area contributed by atoms with Crippen LogP contribution in [0.3, 0.4) is 0 Å². The number of carbonyl (C=O) groups excluding carboxylic acids is 2. The highest BCUT2D eigenvalue weighted by Crippen LogP contribution is 2.18. The van der Waals surface area contributed by atoms with Crippen LogP contribution in [-0.4, -0.2) is 17.9 Å². The van der Waals surface area contributed by atoms with Crippen molar-refractivity contribution in [3.05, 3.63) is 29.8 Å². The predicted octanol–water partition coefficient (Wildman–Crippen LogP) is 3.30. The van der Waals surface area contributed by atoms with E-state index in [0.717, 1.165) is 5.69 Å². The third kappa shape index (κ3) is 5.21. The van der Waals surface area contributed by atoms with E-state index in [1.54, 1.807) is 6.92 Å². The molecule has 1 atom stereocenters. The van der Waals surface area contributed by atoms with Crippen LogP contribution in [0.4, 0.5) is 5.69 Å². The van der Waals surface area contributed by atoms with Gasteiger partial charge in [0, 0.05) is 11.1 Å². The van der Waals surface area contributed by atoms with Crippen molar-refractivity contribution in [2.75, 3.05) is 5.32 Å². The Morgan fingerprint density at radius 2 is 1.71 bits per heavy atom. The third-order valence-electron chi connectivity index (χ3n) is 3.24. The Hall–Kier alpha value is -1.84. The van der Waals surface area contributed by atoms with E-state index < -0.39 is 11.5 Å². The Labute approximate surface area is 127 Å². The highest BCUT2D eigenvalue weighted by molar-refractivity contribution is 5.97. The molecule has 1 aromatic carbocycles. The average Bonchev–Trinajstić information content (AvgIpc) is 2.37. The van der Waals surface area contributed by atoms with Gasteiger partial charge in [-0.15, -0.1) is 0 Å². The average molecular weight is 290 g/mol. The molecule has 0 aliphatic rings. The highest BCUT2D eigenvalue weighted by atomic mass is 16.2. The molecule has 1 aromatic rings. The van der Waals surface area contributed by atoms with E-state index in [0.29, 0.717) is 5.92 Å². The van der Waals surface area contributed by atoms with Crippen molar-refractivity contribution in [3.63, 3.8) is 0 Å². The number of rotatable bonds is 4. The van der Waals surface area contributed by atoms with Gasteiger partial charge in [0.1, 0.15) is 6.04 Å². The lowest BCUT2D eigenvalue weighted by molar-refractivity contribution is -0.131. The molecule has 0 aliphatic carbocycles. The Kier molecular flexibility index (Phi) is 5.53. The number of carbonyl (C=O) groups is 2. The largest absolute Gasteiger partial charge is 0.344 e. The van der Waals surface area contributed by atoms with Gasteiger partial charge in [0.2, 0.25) is 11.8 Å². The fourth-order valence-corrected chi connectivity index (χ4v) is 1.70. The molecule has 4 heteroatoms. The van der Waals surface area contributed by atoms with Gasteiger partial charge in [-0.2, -0.15) is 0 Å². The van der Waals surface area contributed by atoms with Gasteiger partial charge in [0.05, 0.1) is 0 Å². The molecule has 116 valence electrons. The van der Waals surface area contributed by atoms with E-state index >= 15 is 0 Å². The summed E-state index contributed by atoms with van der Waals surface area (Å²) in [5.74, 6) is 0.0504. The molecular weight excluding hydrogens is 264 g/mol. The standard InChI is InChI=1S/C17H26N2O2/c1-11(2)13-8-7-9-14(10-13)19-15(20)12(3)18-16(21)17(4,5)6/h7-12H,1-6H3,(H,18,21)(H,19,20). The first-order valence-corrected chi connectivity index (χ1v) is 7.33. The van der Waals surface area contributed by atoms with E-state index in [1.807, 2.05) is 45.0 Å². The second-order valence-corrected chi connectivity index (χ2v) is 6.71. The maximum absolute atomic E-state index is 12.1. The lowest BCUT2D eigenvalue weighted by atomic mass is 9.95. The number of hydrogen-bond donors (Lipinski definition) is 2. The molecule has 0 spiro atoms. The lowest BCUT2D eigenvalue weighted by Crippen LogP contribution is -2.46. The third-order valence-corrected chi connectivity index (χ3v) is 3.24. The summed E-state index contributed by atoms with van der Waals surface area (Å²) in [6, 6.07) is 7.19. The summed E-state index contributed by atoms with van der Waals surface area (Å²) in [5.41, 5.74) is 1.41. The van der Waals surface area contributed by atoms with Crippen LogP contribution >= 0.6 is 0 Å². The van der Waals surface area contributed by atoms with Crippen molar-refractivity contribution in [3.8, 4) is 0 Å². The predicted molar refractivity (Wildman–Crippen MR) is 86.2 cm³/mol. The molecule has 0 heterocycles. The zero-order chi connectivity index (χ0) is 16.2. The maximum Gasteiger partial charge on any atom is 0.246 e. The van der Waals surface area contributed by atoms with Crippen LogP contribution in [0.15, 0.2) is 24.3 Å². The van der Waals surface area contributed by atoms with Crippen molar-refractivity contribution < 1.29 is 9.59 Å². The van der Waals surface area contributed by atoms with Gasteiger partial charge in [-0.25, -0.2) is 0 Å². The minimum absolute atomic E-state index is 0.138. The number of anilines is 1. The Morgan fingerprint density at radius 3 is 2.24 bits per heavy atom. The van der Waals surface area contributed by atoms with Gasteiger partial charge in [0.15, 0.2) is 0 Å².